The van der Waals surface area contributed by atoms with Crippen molar-refractivity contribution in [1.82, 2.24) is 0 Å². The molecule has 0 saturated heterocycles. The van der Waals surface area contributed by atoms with Crippen LogP contribution in [0.25, 0.3) is 22.3 Å². The lowest BCUT2D eigenvalue weighted by Crippen LogP contribution is -1.98. The van der Waals surface area contributed by atoms with Gasteiger partial charge in [-0.15, -0.1) is 0 Å². The van der Waals surface area contributed by atoms with Gasteiger partial charge in [-0.2, -0.15) is 0 Å². The molecule has 3 nitrogen and oxygen atoms in total. The monoisotopic (exact) mass is 590 g/mol. The molecule has 3 aromatic carbocycles. The van der Waals surface area contributed by atoms with Gasteiger partial charge in [0, 0.05) is 5.56 Å². The molecular formula is C38H55O3P. The van der Waals surface area contributed by atoms with E-state index in [1.807, 2.05) is 30.3 Å². The molecule has 0 spiro atoms. The fourth-order valence-corrected chi connectivity index (χ4v) is 6.37. The predicted molar refractivity (Wildman–Crippen MR) is 182 cm³/mol. The van der Waals surface area contributed by atoms with Gasteiger partial charge >= 0.3 is 8.60 Å². The van der Waals surface area contributed by atoms with Crippen LogP contribution in [0.5, 0.6) is 5.75 Å². The number of hydrogen-bond donors (Lipinski definition) is 2. The summed E-state index contributed by atoms with van der Waals surface area (Å²) in [6.45, 7) is 2.29. The topological polar surface area (TPSA) is 49.7 Å². The Morgan fingerprint density at radius 1 is 0.476 bits per heavy atom. The predicted octanol–water partition coefficient (Wildman–Crippen LogP) is 12.2. The Bertz CT molecular complexity index is 1080. The van der Waals surface area contributed by atoms with Gasteiger partial charge in [0.1, 0.15) is 5.75 Å². The van der Waals surface area contributed by atoms with Gasteiger partial charge in [-0.05, 0) is 41.2 Å². The summed E-state index contributed by atoms with van der Waals surface area (Å²) in [4.78, 5) is 19.4. The second-order valence-corrected chi connectivity index (χ2v) is 12.5. The van der Waals surface area contributed by atoms with Crippen LogP contribution in [0.3, 0.4) is 0 Å². The smallest absolute Gasteiger partial charge is 0.391 e. The van der Waals surface area contributed by atoms with E-state index in [4.69, 9.17) is 4.52 Å². The van der Waals surface area contributed by atoms with E-state index in [1.165, 1.54) is 115 Å². The zero-order valence-corrected chi connectivity index (χ0v) is 27.0. The van der Waals surface area contributed by atoms with Crippen LogP contribution < -0.4 is 4.52 Å². The number of hydrogen-bond acceptors (Lipinski definition) is 3. The van der Waals surface area contributed by atoms with Crippen LogP contribution in [-0.2, 0) is 6.42 Å². The summed E-state index contributed by atoms with van der Waals surface area (Å²) >= 11 is 0. The quantitative estimate of drug-likeness (QED) is 0.0853. The van der Waals surface area contributed by atoms with Crippen LogP contribution in [0.4, 0.5) is 0 Å². The Morgan fingerprint density at radius 3 is 1.31 bits per heavy atom. The fourth-order valence-electron chi connectivity index (χ4n) is 6.04. The standard InChI is InChI=1S/C38H55O3P/c1-2-3-4-5-6-7-8-9-10-11-12-13-14-15-16-17-18-21-30-35-31-32-36(41-42(39)40)38(34-28-24-20-25-29-34)37(35)33-26-22-19-23-27-33/h19-20,22-29,31-32,39-40H,2-18,21,30H2,1H3. The average molecular weight is 591 g/mol. The minimum absolute atomic E-state index is 0.512. The maximum atomic E-state index is 9.68. The first-order valence-electron chi connectivity index (χ1n) is 16.8. The molecule has 0 aromatic heterocycles. The van der Waals surface area contributed by atoms with E-state index >= 15 is 0 Å². The normalized spacial score (nSPS) is 11.3. The Hall–Kier alpha value is -2.19. The Kier molecular flexibility index (Phi) is 17.6. The summed E-state index contributed by atoms with van der Waals surface area (Å²) in [6, 6.07) is 24.6. The van der Waals surface area contributed by atoms with Gasteiger partial charge in [-0.25, -0.2) is 0 Å². The summed E-state index contributed by atoms with van der Waals surface area (Å²) in [5.41, 5.74) is 5.48. The van der Waals surface area contributed by atoms with Gasteiger partial charge in [-0.1, -0.05) is 183 Å². The van der Waals surface area contributed by atoms with Crippen LogP contribution >= 0.6 is 8.60 Å². The molecule has 0 aliphatic heterocycles. The zero-order valence-electron chi connectivity index (χ0n) is 26.1. The number of aryl methyl sites for hydroxylation is 1. The number of rotatable bonds is 23. The highest BCUT2D eigenvalue weighted by Crippen LogP contribution is 2.45. The average Bonchev–Trinajstić information content (AvgIpc) is 3.01. The molecule has 0 aliphatic rings. The number of benzene rings is 3. The van der Waals surface area contributed by atoms with E-state index in [9.17, 15) is 9.79 Å². The minimum atomic E-state index is -2.51. The van der Waals surface area contributed by atoms with Gasteiger partial charge in [0.2, 0.25) is 0 Å². The van der Waals surface area contributed by atoms with Crippen molar-refractivity contribution >= 4 is 8.60 Å². The minimum Gasteiger partial charge on any atom is -0.426 e. The van der Waals surface area contributed by atoms with Crippen LogP contribution in [0.15, 0.2) is 72.8 Å². The summed E-state index contributed by atoms with van der Waals surface area (Å²) in [5.74, 6) is 0.512. The summed E-state index contributed by atoms with van der Waals surface area (Å²) in [7, 11) is -2.51. The molecule has 2 N–H and O–H groups in total. The van der Waals surface area contributed by atoms with Crippen molar-refractivity contribution in [2.75, 3.05) is 0 Å². The lowest BCUT2D eigenvalue weighted by Gasteiger charge is -2.20. The van der Waals surface area contributed by atoms with Crippen molar-refractivity contribution in [2.45, 2.75) is 129 Å². The highest BCUT2D eigenvalue weighted by Gasteiger charge is 2.19. The maximum Gasteiger partial charge on any atom is 0.391 e. The first kappa shape index (κ1) is 34.3. The van der Waals surface area contributed by atoms with Gasteiger partial charge in [-0.3, -0.25) is 0 Å². The molecule has 0 fully saturated rings. The largest absolute Gasteiger partial charge is 0.426 e. The van der Waals surface area contributed by atoms with Crippen molar-refractivity contribution in [2.24, 2.45) is 0 Å². The third-order valence-electron chi connectivity index (χ3n) is 8.36. The summed E-state index contributed by atoms with van der Waals surface area (Å²) in [5, 5.41) is 0. The third kappa shape index (κ3) is 13.0. The molecule has 0 amide bonds. The van der Waals surface area contributed by atoms with Crippen LogP contribution in [0.1, 0.15) is 128 Å². The molecular weight excluding hydrogens is 535 g/mol. The molecule has 42 heavy (non-hydrogen) atoms. The lowest BCUT2D eigenvalue weighted by atomic mass is 9.87. The second kappa shape index (κ2) is 21.5. The molecule has 3 rings (SSSR count). The molecule has 0 heterocycles. The molecule has 0 radical (unpaired) electrons. The second-order valence-electron chi connectivity index (χ2n) is 11.8. The zero-order chi connectivity index (χ0) is 29.7. The van der Waals surface area contributed by atoms with Crippen LogP contribution in [-0.4, -0.2) is 9.79 Å². The van der Waals surface area contributed by atoms with Crippen molar-refractivity contribution in [3.8, 4) is 28.0 Å². The van der Waals surface area contributed by atoms with E-state index in [0.717, 1.165) is 35.1 Å². The van der Waals surface area contributed by atoms with Crippen molar-refractivity contribution in [3.05, 3.63) is 78.4 Å². The maximum absolute atomic E-state index is 9.68. The van der Waals surface area contributed by atoms with E-state index in [2.05, 4.69) is 49.4 Å². The SMILES string of the molecule is CCCCCCCCCCCCCCCCCCCCc1ccc(OP(O)O)c(-c2ccccc2)c1-c1ccccc1. The van der Waals surface area contributed by atoms with Crippen molar-refractivity contribution < 1.29 is 14.3 Å². The van der Waals surface area contributed by atoms with E-state index < -0.39 is 8.60 Å². The van der Waals surface area contributed by atoms with Crippen molar-refractivity contribution in [3.63, 3.8) is 0 Å². The van der Waals surface area contributed by atoms with E-state index in [1.54, 1.807) is 0 Å². The highest BCUT2D eigenvalue weighted by molar-refractivity contribution is 7.39. The third-order valence-corrected chi connectivity index (χ3v) is 8.72. The first-order valence-corrected chi connectivity index (χ1v) is 18.0. The molecule has 0 unspecified atom stereocenters. The highest BCUT2D eigenvalue weighted by atomic mass is 31.2. The van der Waals surface area contributed by atoms with E-state index in [0.29, 0.717) is 5.75 Å². The first-order chi connectivity index (χ1) is 20.7. The van der Waals surface area contributed by atoms with Crippen LogP contribution in [0.2, 0.25) is 0 Å². The fraction of sp³-hybridized carbons (Fsp3) is 0.526. The van der Waals surface area contributed by atoms with Gasteiger partial charge in [0.05, 0.1) is 0 Å². The Labute approximate surface area is 257 Å². The van der Waals surface area contributed by atoms with E-state index in [-0.39, 0.29) is 0 Å². The molecule has 4 heteroatoms. The number of unbranched alkanes of at least 4 members (excludes halogenated alkanes) is 17. The Morgan fingerprint density at radius 2 is 0.881 bits per heavy atom. The van der Waals surface area contributed by atoms with Gasteiger partial charge in [0.25, 0.3) is 0 Å². The van der Waals surface area contributed by atoms with Crippen LogP contribution in [0, 0.1) is 0 Å². The molecule has 0 saturated carbocycles. The lowest BCUT2D eigenvalue weighted by molar-refractivity contribution is 0.375. The molecule has 0 aliphatic carbocycles. The molecule has 230 valence electrons. The summed E-state index contributed by atoms with van der Waals surface area (Å²) in [6.07, 6.45) is 25.8. The molecule has 0 bridgehead atoms. The van der Waals surface area contributed by atoms with Crippen molar-refractivity contribution in [1.29, 1.82) is 0 Å². The summed E-state index contributed by atoms with van der Waals surface area (Å²) < 4.78 is 5.53. The molecule has 3 aromatic rings. The van der Waals surface area contributed by atoms with Gasteiger partial charge < -0.3 is 14.3 Å². The van der Waals surface area contributed by atoms with Gasteiger partial charge in [0.15, 0.2) is 0 Å². The molecule has 0 atom stereocenters. The Balaban J connectivity index is 1.40.